The molecule has 0 aliphatic heterocycles. The molecule has 15 heavy (non-hydrogen) atoms. The molecule has 0 spiro atoms. The minimum absolute atomic E-state index is 0.807. The lowest BCUT2D eigenvalue weighted by Gasteiger charge is -2.24. The van der Waals surface area contributed by atoms with Crippen LogP contribution in [0, 0.1) is 11.8 Å². The number of hydrogen-bond acceptors (Lipinski definition) is 1. The van der Waals surface area contributed by atoms with Crippen LogP contribution >= 0.6 is 0 Å². The van der Waals surface area contributed by atoms with E-state index in [0.717, 1.165) is 18.4 Å². The highest BCUT2D eigenvalue weighted by atomic mass is 14.5. The van der Waals surface area contributed by atoms with Gasteiger partial charge in [-0.05, 0) is 37.5 Å². The fourth-order valence-corrected chi connectivity index (χ4v) is 3.27. The van der Waals surface area contributed by atoms with E-state index in [9.17, 15) is 0 Å². The van der Waals surface area contributed by atoms with Crippen LogP contribution in [0.15, 0.2) is 11.6 Å². The Bertz CT molecular complexity index is 207. The zero-order valence-corrected chi connectivity index (χ0v) is 9.88. The smallest absolute Gasteiger partial charge is 0.0139 e. The summed E-state index contributed by atoms with van der Waals surface area (Å²) in [7, 11) is 0. The van der Waals surface area contributed by atoms with Gasteiger partial charge in [0.05, 0.1) is 0 Å². The highest BCUT2D eigenvalue weighted by Crippen LogP contribution is 2.33. The second-order valence-electron chi connectivity index (χ2n) is 5.33. The summed E-state index contributed by atoms with van der Waals surface area (Å²) in [5.41, 5.74) is 7.50. The van der Waals surface area contributed by atoms with Crippen LogP contribution in [0.2, 0.25) is 0 Å². The largest absolute Gasteiger partial charge is 0.327 e. The summed E-state index contributed by atoms with van der Waals surface area (Å²) in [5.74, 6) is 1.70. The summed E-state index contributed by atoms with van der Waals surface area (Å²) >= 11 is 0. The molecule has 0 unspecified atom stereocenters. The summed E-state index contributed by atoms with van der Waals surface area (Å²) in [6.07, 6.45) is 15.3. The van der Waals surface area contributed by atoms with E-state index in [1.165, 1.54) is 57.8 Å². The van der Waals surface area contributed by atoms with Gasteiger partial charge in [-0.15, -0.1) is 0 Å². The zero-order chi connectivity index (χ0) is 10.5. The topological polar surface area (TPSA) is 26.0 Å². The predicted octanol–water partition coefficient (Wildman–Crippen LogP) is 3.64. The third-order valence-electron chi connectivity index (χ3n) is 4.21. The molecule has 2 aliphatic carbocycles. The van der Waals surface area contributed by atoms with Gasteiger partial charge < -0.3 is 5.73 Å². The minimum Gasteiger partial charge on any atom is -0.327 e. The molecule has 0 aromatic heterocycles. The van der Waals surface area contributed by atoms with Crippen molar-refractivity contribution in [3.8, 4) is 0 Å². The molecule has 0 radical (unpaired) electrons. The maximum absolute atomic E-state index is 5.91. The lowest BCUT2D eigenvalue weighted by Crippen LogP contribution is -2.17. The lowest BCUT2D eigenvalue weighted by molar-refractivity contribution is 0.397. The van der Waals surface area contributed by atoms with E-state index < -0.39 is 0 Å². The van der Waals surface area contributed by atoms with E-state index in [4.69, 9.17) is 5.73 Å². The van der Waals surface area contributed by atoms with Gasteiger partial charge in [0.15, 0.2) is 0 Å². The van der Waals surface area contributed by atoms with Gasteiger partial charge in [0.25, 0.3) is 0 Å². The molecule has 0 amide bonds. The molecule has 0 saturated heterocycles. The number of rotatable bonds is 3. The van der Waals surface area contributed by atoms with E-state index in [1.54, 1.807) is 5.57 Å². The van der Waals surface area contributed by atoms with Crippen LogP contribution in [0.1, 0.15) is 57.8 Å². The van der Waals surface area contributed by atoms with Crippen LogP contribution < -0.4 is 5.73 Å². The Balaban J connectivity index is 1.94. The van der Waals surface area contributed by atoms with Gasteiger partial charge in [-0.2, -0.15) is 0 Å². The molecule has 1 nitrogen and oxygen atoms in total. The van der Waals surface area contributed by atoms with Crippen molar-refractivity contribution in [3.63, 3.8) is 0 Å². The van der Waals surface area contributed by atoms with Crippen molar-refractivity contribution < 1.29 is 0 Å². The van der Waals surface area contributed by atoms with Crippen molar-refractivity contribution >= 4 is 0 Å². The Hall–Kier alpha value is -0.300. The SMILES string of the molecule is NCC(=CC1CCCC1)C1CCCCC1. The van der Waals surface area contributed by atoms with E-state index in [1.807, 2.05) is 0 Å². The first-order valence-electron chi connectivity index (χ1n) is 6.81. The molecule has 2 N–H and O–H groups in total. The zero-order valence-electron chi connectivity index (χ0n) is 9.88. The molecule has 2 saturated carbocycles. The molecular formula is C14H25N. The Morgan fingerprint density at radius 2 is 1.53 bits per heavy atom. The van der Waals surface area contributed by atoms with Gasteiger partial charge in [-0.3, -0.25) is 0 Å². The van der Waals surface area contributed by atoms with Crippen molar-refractivity contribution in [2.24, 2.45) is 17.6 Å². The average Bonchev–Trinajstić information content (AvgIpc) is 2.80. The molecule has 86 valence electrons. The first kappa shape index (κ1) is 11.2. The van der Waals surface area contributed by atoms with Crippen LogP contribution in [0.4, 0.5) is 0 Å². The summed E-state index contributed by atoms with van der Waals surface area (Å²) in [6.45, 7) is 0.807. The number of hydrogen-bond donors (Lipinski definition) is 1. The molecular weight excluding hydrogens is 182 g/mol. The van der Waals surface area contributed by atoms with Crippen molar-refractivity contribution in [1.29, 1.82) is 0 Å². The van der Waals surface area contributed by atoms with Gasteiger partial charge >= 0.3 is 0 Å². The average molecular weight is 207 g/mol. The molecule has 2 rings (SSSR count). The molecule has 2 aliphatic rings. The Morgan fingerprint density at radius 1 is 0.933 bits per heavy atom. The molecule has 0 aromatic carbocycles. The van der Waals surface area contributed by atoms with Crippen molar-refractivity contribution in [2.45, 2.75) is 57.8 Å². The third kappa shape index (κ3) is 3.07. The van der Waals surface area contributed by atoms with E-state index in [-0.39, 0.29) is 0 Å². The normalized spacial score (nSPS) is 26.1. The maximum Gasteiger partial charge on any atom is 0.0139 e. The van der Waals surface area contributed by atoms with Crippen molar-refractivity contribution in [2.75, 3.05) is 6.54 Å². The maximum atomic E-state index is 5.91. The summed E-state index contributed by atoms with van der Waals surface area (Å²) in [4.78, 5) is 0. The summed E-state index contributed by atoms with van der Waals surface area (Å²) < 4.78 is 0. The fraction of sp³-hybridized carbons (Fsp3) is 0.857. The number of nitrogens with two attached hydrogens (primary N) is 1. The van der Waals surface area contributed by atoms with Gasteiger partial charge in [-0.1, -0.05) is 43.8 Å². The fourth-order valence-electron chi connectivity index (χ4n) is 3.27. The van der Waals surface area contributed by atoms with Gasteiger partial charge in [0.1, 0.15) is 0 Å². The predicted molar refractivity (Wildman–Crippen MR) is 65.7 cm³/mol. The van der Waals surface area contributed by atoms with Crippen LogP contribution in [0.3, 0.4) is 0 Å². The minimum atomic E-state index is 0.807. The Kier molecular flexibility index (Phi) is 4.25. The highest BCUT2D eigenvalue weighted by molar-refractivity contribution is 5.11. The molecule has 0 atom stereocenters. The first-order chi connectivity index (χ1) is 7.40. The summed E-state index contributed by atoms with van der Waals surface area (Å²) in [5, 5.41) is 0. The van der Waals surface area contributed by atoms with E-state index >= 15 is 0 Å². The van der Waals surface area contributed by atoms with Crippen molar-refractivity contribution in [3.05, 3.63) is 11.6 Å². The summed E-state index contributed by atoms with van der Waals surface area (Å²) in [6, 6.07) is 0. The van der Waals surface area contributed by atoms with Crippen molar-refractivity contribution in [1.82, 2.24) is 0 Å². The van der Waals surface area contributed by atoms with Gasteiger partial charge in [0.2, 0.25) is 0 Å². The molecule has 0 bridgehead atoms. The van der Waals surface area contributed by atoms with Crippen LogP contribution in [0.5, 0.6) is 0 Å². The second-order valence-corrected chi connectivity index (χ2v) is 5.33. The molecule has 1 heteroatoms. The van der Waals surface area contributed by atoms with Gasteiger partial charge in [0, 0.05) is 6.54 Å². The lowest BCUT2D eigenvalue weighted by atomic mass is 9.82. The highest BCUT2D eigenvalue weighted by Gasteiger charge is 2.19. The Labute approximate surface area is 94.1 Å². The first-order valence-corrected chi connectivity index (χ1v) is 6.81. The van der Waals surface area contributed by atoms with Crippen LogP contribution in [-0.4, -0.2) is 6.54 Å². The molecule has 0 aromatic rings. The van der Waals surface area contributed by atoms with Crippen LogP contribution in [-0.2, 0) is 0 Å². The van der Waals surface area contributed by atoms with Gasteiger partial charge in [-0.25, -0.2) is 0 Å². The van der Waals surface area contributed by atoms with Crippen LogP contribution in [0.25, 0.3) is 0 Å². The second kappa shape index (κ2) is 5.69. The quantitative estimate of drug-likeness (QED) is 0.702. The monoisotopic (exact) mass is 207 g/mol. The van der Waals surface area contributed by atoms with E-state index in [2.05, 4.69) is 6.08 Å². The molecule has 2 fully saturated rings. The standard InChI is InChI=1S/C14H25N/c15-11-14(10-12-6-4-5-7-12)13-8-2-1-3-9-13/h10,12-13H,1-9,11,15H2. The Morgan fingerprint density at radius 3 is 2.13 bits per heavy atom. The third-order valence-corrected chi connectivity index (χ3v) is 4.21. The molecule has 0 heterocycles. The number of allylic oxidation sites excluding steroid dienone is 1. The van der Waals surface area contributed by atoms with E-state index in [0.29, 0.717) is 0 Å².